The first-order valence-corrected chi connectivity index (χ1v) is 1.10. The van der Waals surface area contributed by atoms with Crippen LogP contribution in [0.2, 0.25) is 0 Å². The maximum atomic E-state index is 8.25. The zero-order valence-electron chi connectivity index (χ0n) is 5.34. The fourth-order valence-electron chi connectivity index (χ4n) is 0. The van der Waals surface area contributed by atoms with Crippen LogP contribution >= 0.6 is 0 Å². The largest absolute Gasteiger partial charge is 1.00 e. The molecule has 8 nitrogen and oxygen atoms in total. The second-order valence-corrected chi connectivity index (χ2v) is 0.447. The minimum Gasteiger partial charge on any atom is -0.356 e. The minimum atomic E-state index is -1.75. The first-order valence-electron chi connectivity index (χ1n) is 1.10. The normalized spacial score (nSPS) is 4.80. The van der Waals surface area contributed by atoms with E-state index in [1.165, 1.54) is 0 Å². The van der Waals surface area contributed by atoms with Gasteiger partial charge in [-0.1, -0.05) is 0 Å². The molecule has 0 fully saturated rings. The van der Waals surface area contributed by atoms with E-state index in [-0.39, 0.29) is 77.0 Å². The van der Waals surface area contributed by atoms with Crippen molar-refractivity contribution in [2.75, 3.05) is 0 Å². The van der Waals surface area contributed by atoms with E-state index in [1.807, 2.05) is 0 Å². The second-order valence-electron chi connectivity index (χ2n) is 0.447. The molecular weight excluding hydrogens is 216 g/mol. The molecule has 0 amide bonds. The molecule has 0 saturated heterocycles. The number of rotatable bonds is 0. The molecule has 0 aliphatic heterocycles. The molecule has 0 aliphatic rings. The predicted molar refractivity (Wildman–Crippen MR) is 20.7 cm³/mol. The van der Waals surface area contributed by atoms with Crippen LogP contribution in [0.4, 0.5) is 0 Å². The van der Waals surface area contributed by atoms with Crippen LogP contribution < -0.4 is 77.0 Å². The Bertz CT molecular complexity index is 73.7. The zero-order chi connectivity index (χ0) is 7.15. The predicted octanol–water partition coefficient (Wildman–Crippen LogP) is -6.47. The average Bonchev–Trinajstić information content (AvgIpc) is 1.25. The van der Waals surface area contributed by atoms with Gasteiger partial charge >= 0.3 is 77.0 Å². The summed E-state index contributed by atoms with van der Waals surface area (Å²) in [5, 5.41) is 29.5. The standard InChI is InChI=1S/Li.2NO3.Rb/c;2*2-1(3)4;/q+1;2*-1;+1. The summed E-state index contributed by atoms with van der Waals surface area (Å²) in [6.07, 6.45) is 0. The average molecular weight is 216 g/mol. The Labute approximate surface area is 116 Å². The van der Waals surface area contributed by atoms with E-state index < -0.39 is 10.2 Å². The molecule has 0 atom stereocenters. The van der Waals surface area contributed by atoms with Crippen LogP contribution in [-0.2, 0) is 0 Å². The van der Waals surface area contributed by atoms with Gasteiger partial charge in [0.2, 0.25) is 0 Å². The third-order valence-electron chi connectivity index (χ3n) is 0. The quantitative estimate of drug-likeness (QED) is 0.225. The van der Waals surface area contributed by atoms with Gasteiger partial charge in [0.25, 0.3) is 0 Å². The summed E-state index contributed by atoms with van der Waals surface area (Å²) in [4.78, 5) is 16.5. The Balaban J connectivity index is -0.0000000300. The third kappa shape index (κ3) is 832. The van der Waals surface area contributed by atoms with Crippen molar-refractivity contribution < 1.29 is 87.2 Å². The van der Waals surface area contributed by atoms with Gasteiger partial charge in [-0.05, 0) is 0 Å². The molecule has 0 heterocycles. The zero-order valence-corrected chi connectivity index (χ0v) is 10.3. The first kappa shape index (κ1) is 22.4. The van der Waals surface area contributed by atoms with E-state index in [9.17, 15) is 0 Å². The van der Waals surface area contributed by atoms with Gasteiger partial charge in [0.1, 0.15) is 0 Å². The Hall–Kier alpha value is 0.803. The summed E-state index contributed by atoms with van der Waals surface area (Å²) in [5.41, 5.74) is 0. The van der Waals surface area contributed by atoms with E-state index in [4.69, 9.17) is 30.6 Å². The van der Waals surface area contributed by atoms with Crippen molar-refractivity contribution >= 4 is 0 Å². The molecule has 0 aromatic heterocycles. The van der Waals surface area contributed by atoms with Gasteiger partial charge in [0.05, 0.1) is 10.2 Å². The maximum absolute atomic E-state index is 8.25. The Morgan fingerprint density at radius 3 is 0.800 bits per heavy atom. The molecule has 10 heteroatoms. The molecule has 0 rings (SSSR count). The van der Waals surface area contributed by atoms with Gasteiger partial charge in [-0.2, -0.15) is 0 Å². The molecule has 0 aromatic rings. The van der Waals surface area contributed by atoms with Gasteiger partial charge in [-0.3, -0.25) is 0 Å². The molecular formula is LiN2O6Rb. The molecule has 0 radical (unpaired) electrons. The van der Waals surface area contributed by atoms with Crippen molar-refractivity contribution in [3.63, 3.8) is 0 Å². The van der Waals surface area contributed by atoms with Crippen LogP contribution in [0.5, 0.6) is 0 Å². The summed E-state index contributed by atoms with van der Waals surface area (Å²) in [5.74, 6) is 0. The van der Waals surface area contributed by atoms with Crippen LogP contribution in [0.25, 0.3) is 0 Å². The summed E-state index contributed by atoms with van der Waals surface area (Å²) in [6.45, 7) is 0. The number of hydrogen-bond acceptors (Lipinski definition) is 6. The molecule has 0 N–H and O–H groups in total. The van der Waals surface area contributed by atoms with Crippen molar-refractivity contribution in [3.05, 3.63) is 30.6 Å². The van der Waals surface area contributed by atoms with Gasteiger partial charge in [0, 0.05) is 0 Å². The van der Waals surface area contributed by atoms with Crippen LogP contribution in [0.3, 0.4) is 0 Å². The molecule has 48 valence electrons. The van der Waals surface area contributed by atoms with Crippen molar-refractivity contribution in [3.8, 4) is 0 Å². The van der Waals surface area contributed by atoms with Crippen molar-refractivity contribution in [1.29, 1.82) is 0 Å². The van der Waals surface area contributed by atoms with Crippen molar-refractivity contribution in [2.24, 2.45) is 0 Å². The van der Waals surface area contributed by atoms with Gasteiger partial charge < -0.3 is 30.6 Å². The van der Waals surface area contributed by atoms with E-state index in [1.54, 1.807) is 0 Å². The second kappa shape index (κ2) is 16.4. The van der Waals surface area contributed by atoms with Crippen LogP contribution in [-0.4, -0.2) is 10.2 Å². The van der Waals surface area contributed by atoms with Crippen LogP contribution in [0.1, 0.15) is 0 Å². The monoisotopic (exact) mass is 216 g/mol. The number of hydrogen-bond donors (Lipinski definition) is 0. The third-order valence-corrected chi connectivity index (χ3v) is 0. The van der Waals surface area contributed by atoms with Gasteiger partial charge in [0.15, 0.2) is 0 Å². The minimum absolute atomic E-state index is 0. The summed E-state index contributed by atoms with van der Waals surface area (Å²) in [6, 6.07) is 0. The maximum Gasteiger partial charge on any atom is 1.00 e. The van der Waals surface area contributed by atoms with Crippen LogP contribution in [0, 0.1) is 30.6 Å². The summed E-state index contributed by atoms with van der Waals surface area (Å²) >= 11 is 0. The number of nitrogens with zero attached hydrogens (tertiary/aromatic N) is 2. The Kier molecular flexibility index (Phi) is 36.8. The smallest absolute Gasteiger partial charge is 0.356 e. The Morgan fingerprint density at radius 2 is 0.800 bits per heavy atom. The van der Waals surface area contributed by atoms with Crippen LogP contribution in [0.15, 0.2) is 0 Å². The van der Waals surface area contributed by atoms with E-state index >= 15 is 0 Å². The first-order chi connectivity index (χ1) is 3.46. The van der Waals surface area contributed by atoms with E-state index in [0.717, 1.165) is 0 Å². The molecule has 0 spiro atoms. The molecule has 10 heavy (non-hydrogen) atoms. The molecule has 0 unspecified atom stereocenters. The molecule has 0 saturated carbocycles. The topological polar surface area (TPSA) is 132 Å². The summed E-state index contributed by atoms with van der Waals surface area (Å²) in [7, 11) is 0. The van der Waals surface area contributed by atoms with Crippen molar-refractivity contribution in [1.82, 2.24) is 0 Å². The molecule has 0 bridgehead atoms. The summed E-state index contributed by atoms with van der Waals surface area (Å²) < 4.78 is 0. The van der Waals surface area contributed by atoms with Gasteiger partial charge in [-0.25, -0.2) is 0 Å². The van der Waals surface area contributed by atoms with Gasteiger partial charge in [-0.15, -0.1) is 0 Å². The van der Waals surface area contributed by atoms with E-state index in [0.29, 0.717) is 0 Å². The fraction of sp³-hybridized carbons (Fsp3) is 0. The van der Waals surface area contributed by atoms with E-state index in [2.05, 4.69) is 0 Å². The Morgan fingerprint density at radius 1 is 0.800 bits per heavy atom. The van der Waals surface area contributed by atoms with Crippen molar-refractivity contribution in [2.45, 2.75) is 0 Å². The fourth-order valence-corrected chi connectivity index (χ4v) is 0. The molecule has 0 aliphatic carbocycles. The SMILES string of the molecule is O=[N+]([O-])[O-].O=[N+]([O-])[O-].[Li+].[Rb+]. The molecule has 0 aromatic carbocycles.